The molecule has 2 N–H and O–H groups in total. The number of nitrogen functional groups attached to an aromatic ring is 1. The Bertz CT molecular complexity index is 354. The van der Waals surface area contributed by atoms with E-state index in [0.29, 0.717) is 11.6 Å². The first-order valence-corrected chi connectivity index (χ1v) is 5.60. The van der Waals surface area contributed by atoms with E-state index in [4.69, 9.17) is 17.3 Å². The summed E-state index contributed by atoms with van der Waals surface area (Å²) in [5.74, 6) is 0.360. The van der Waals surface area contributed by atoms with Gasteiger partial charge in [-0.1, -0.05) is 28.1 Å². The van der Waals surface area contributed by atoms with Crippen molar-refractivity contribution >= 4 is 39.0 Å². The molecule has 0 radical (unpaired) electrons. The molecule has 0 aliphatic rings. The van der Waals surface area contributed by atoms with Crippen molar-refractivity contribution in [2.75, 3.05) is 5.73 Å². The van der Waals surface area contributed by atoms with Gasteiger partial charge in [-0.2, -0.15) is 0 Å². The van der Waals surface area contributed by atoms with Gasteiger partial charge >= 0.3 is 0 Å². The van der Waals surface area contributed by atoms with E-state index in [1.165, 1.54) is 6.92 Å². The van der Waals surface area contributed by atoms with Crippen LogP contribution in [0.3, 0.4) is 0 Å². The minimum Gasteiger partial charge on any atom is -0.398 e. The van der Waals surface area contributed by atoms with Crippen molar-refractivity contribution in [1.29, 1.82) is 0 Å². The van der Waals surface area contributed by atoms with Gasteiger partial charge < -0.3 is 5.73 Å². The van der Waals surface area contributed by atoms with Gasteiger partial charge in [0.1, 0.15) is 5.78 Å². The minimum atomic E-state index is -0.320. The van der Waals surface area contributed by atoms with Crippen LogP contribution in [0.5, 0.6) is 0 Å². The van der Waals surface area contributed by atoms with Crippen LogP contribution in [0.25, 0.3) is 0 Å². The molecule has 0 aromatic heterocycles. The van der Waals surface area contributed by atoms with Crippen LogP contribution in [0.1, 0.15) is 22.9 Å². The van der Waals surface area contributed by atoms with E-state index >= 15 is 0 Å². The third-order valence-electron chi connectivity index (χ3n) is 2.01. The number of Topliss-reactive ketones (excluding diaryl/α,β-unsaturated/α-hetero) is 1. The minimum absolute atomic E-state index is 0.0435. The first-order chi connectivity index (χ1) is 6.57. The van der Waals surface area contributed by atoms with Crippen molar-refractivity contribution < 1.29 is 4.79 Å². The zero-order valence-electron chi connectivity index (χ0n) is 7.76. The molecule has 76 valence electrons. The summed E-state index contributed by atoms with van der Waals surface area (Å²) in [5.41, 5.74) is 8.06. The maximum atomic E-state index is 11.2. The molecule has 0 saturated heterocycles. The predicted molar refractivity (Wildman–Crippen MR) is 62.8 cm³/mol. The molecule has 1 aromatic rings. The van der Waals surface area contributed by atoms with Crippen molar-refractivity contribution in [2.24, 2.45) is 0 Å². The van der Waals surface area contributed by atoms with Crippen LogP contribution in [-0.2, 0) is 10.7 Å². The lowest BCUT2D eigenvalue weighted by atomic mass is 10.0. The molecule has 1 unspecified atom stereocenters. The van der Waals surface area contributed by atoms with Gasteiger partial charge in [-0.25, -0.2) is 0 Å². The zero-order valence-corrected chi connectivity index (χ0v) is 10.1. The van der Waals surface area contributed by atoms with Gasteiger partial charge in [0.25, 0.3) is 0 Å². The van der Waals surface area contributed by atoms with Crippen LogP contribution in [-0.4, -0.2) is 5.78 Å². The lowest BCUT2D eigenvalue weighted by Crippen LogP contribution is -2.06. The van der Waals surface area contributed by atoms with Crippen LogP contribution in [0, 0.1) is 0 Å². The number of carbonyl (C=O) groups is 1. The number of rotatable bonds is 3. The smallest absolute Gasteiger partial charge is 0.147 e. The summed E-state index contributed by atoms with van der Waals surface area (Å²) in [6, 6.07) is 5.45. The molecule has 0 heterocycles. The maximum absolute atomic E-state index is 11.2. The summed E-state index contributed by atoms with van der Waals surface area (Å²) in [7, 11) is 0. The maximum Gasteiger partial charge on any atom is 0.147 e. The summed E-state index contributed by atoms with van der Waals surface area (Å²) in [6.45, 7) is 1.53. The molecule has 0 aliphatic heterocycles. The highest BCUT2D eigenvalue weighted by Crippen LogP contribution is 2.30. The summed E-state index contributed by atoms with van der Waals surface area (Å²) in [6.07, 6.45) is 0. The number of nitrogens with two attached hydrogens (primary N) is 1. The number of hydrogen-bond donors (Lipinski definition) is 1. The monoisotopic (exact) mass is 275 g/mol. The lowest BCUT2D eigenvalue weighted by molar-refractivity contribution is -0.116. The second kappa shape index (κ2) is 4.80. The molecule has 2 nitrogen and oxygen atoms in total. The SMILES string of the molecule is CC(=O)C(Br)c1cccc(N)c1CCl. The Balaban J connectivity index is 3.20. The first-order valence-electron chi connectivity index (χ1n) is 4.15. The molecule has 1 atom stereocenters. The number of anilines is 1. The number of carbonyl (C=O) groups excluding carboxylic acids is 1. The van der Waals surface area contributed by atoms with Gasteiger partial charge in [0.05, 0.1) is 4.83 Å². The number of benzene rings is 1. The molecule has 0 saturated carbocycles. The summed E-state index contributed by atoms with van der Waals surface area (Å²) in [4.78, 5) is 10.9. The van der Waals surface area contributed by atoms with Gasteiger partial charge in [-0.3, -0.25) is 4.79 Å². The third-order valence-corrected chi connectivity index (χ3v) is 3.42. The van der Waals surface area contributed by atoms with Crippen molar-refractivity contribution in [3.05, 3.63) is 29.3 Å². The molecule has 0 amide bonds. The van der Waals surface area contributed by atoms with Crippen LogP contribution in [0.15, 0.2) is 18.2 Å². The molecule has 0 bridgehead atoms. The predicted octanol–water partition coefficient (Wildman–Crippen LogP) is 3.03. The Kier molecular flexibility index (Phi) is 3.96. The Morgan fingerprint density at radius 1 is 1.64 bits per heavy atom. The highest BCUT2D eigenvalue weighted by Gasteiger charge is 2.17. The van der Waals surface area contributed by atoms with Crippen LogP contribution < -0.4 is 5.73 Å². The van der Waals surface area contributed by atoms with Crippen molar-refractivity contribution in [2.45, 2.75) is 17.6 Å². The number of alkyl halides is 2. The van der Waals surface area contributed by atoms with Crippen LogP contribution in [0.4, 0.5) is 5.69 Å². The molecule has 1 rings (SSSR count). The Morgan fingerprint density at radius 3 is 2.79 bits per heavy atom. The first kappa shape index (κ1) is 11.5. The molecule has 0 aliphatic carbocycles. The van der Waals surface area contributed by atoms with Crippen LogP contribution >= 0.6 is 27.5 Å². The fraction of sp³-hybridized carbons (Fsp3) is 0.300. The second-order valence-corrected chi connectivity index (χ2v) is 4.20. The van der Waals surface area contributed by atoms with E-state index in [1.54, 1.807) is 6.07 Å². The normalized spacial score (nSPS) is 12.5. The van der Waals surface area contributed by atoms with E-state index in [0.717, 1.165) is 11.1 Å². The highest BCUT2D eigenvalue weighted by molar-refractivity contribution is 9.09. The molecular weight excluding hydrogens is 265 g/mol. The van der Waals surface area contributed by atoms with Crippen molar-refractivity contribution in [1.82, 2.24) is 0 Å². The van der Waals surface area contributed by atoms with Gasteiger partial charge in [0.2, 0.25) is 0 Å². The topological polar surface area (TPSA) is 43.1 Å². The van der Waals surface area contributed by atoms with E-state index in [2.05, 4.69) is 15.9 Å². The summed E-state index contributed by atoms with van der Waals surface area (Å²) in [5, 5.41) is 0. The van der Waals surface area contributed by atoms with Gasteiger partial charge in [0.15, 0.2) is 0 Å². The Hall–Kier alpha value is -0.540. The average molecular weight is 277 g/mol. The van der Waals surface area contributed by atoms with E-state index in [-0.39, 0.29) is 10.6 Å². The lowest BCUT2D eigenvalue weighted by Gasteiger charge is -2.12. The zero-order chi connectivity index (χ0) is 10.7. The molecule has 0 fully saturated rings. The number of hydrogen-bond acceptors (Lipinski definition) is 2. The Morgan fingerprint density at radius 2 is 2.29 bits per heavy atom. The van der Waals surface area contributed by atoms with E-state index < -0.39 is 0 Å². The Labute approximate surface area is 96.6 Å². The number of ketones is 1. The number of halogens is 2. The van der Waals surface area contributed by atoms with Gasteiger partial charge in [0, 0.05) is 11.6 Å². The molecule has 0 spiro atoms. The summed E-state index contributed by atoms with van der Waals surface area (Å²) < 4.78 is 0. The second-order valence-electron chi connectivity index (χ2n) is 3.02. The molecule has 4 heteroatoms. The van der Waals surface area contributed by atoms with E-state index in [9.17, 15) is 4.79 Å². The van der Waals surface area contributed by atoms with Gasteiger partial charge in [-0.15, -0.1) is 11.6 Å². The van der Waals surface area contributed by atoms with Crippen LogP contribution in [0.2, 0.25) is 0 Å². The standard InChI is InChI=1S/C10H11BrClNO/c1-6(14)10(11)7-3-2-4-9(13)8(7)5-12/h2-4,10H,5,13H2,1H3. The quantitative estimate of drug-likeness (QED) is 0.681. The molecule has 1 aromatic carbocycles. The molecule has 14 heavy (non-hydrogen) atoms. The fourth-order valence-corrected chi connectivity index (χ4v) is 1.97. The summed E-state index contributed by atoms with van der Waals surface area (Å²) >= 11 is 9.09. The highest BCUT2D eigenvalue weighted by atomic mass is 79.9. The van der Waals surface area contributed by atoms with Crippen molar-refractivity contribution in [3.8, 4) is 0 Å². The third kappa shape index (κ3) is 2.28. The van der Waals surface area contributed by atoms with Crippen molar-refractivity contribution in [3.63, 3.8) is 0 Å². The largest absolute Gasteiger partial charge is 0.398 e. The fourth-order valence-electron chi connectivity index (χ4n) is 1.23. The average Bonchev–Trinajstić information content (AvgIpc) is 2.16. The van der Waals surface area contributed by atoms with E-state index in [1.807, 2.05) is 12.1 Å². The molecular formula is C10H11BrClNO. The van der Waals surface area contributed by atoms with Gasteiger partial charge in [-0.05, 0) is 24.1 Å².